The molecule has 0 aromatic heterocycles. The molecule has 2 aromatic carbocycles. The van der Waals surface area contributed by atoms with E-state index in [1.807, 2.05) is 78.9 Å². The predicted molar refractivity (Wildman–Crippen MR) is 129 cm³/mol. The highest BCUT2D eigenvalue weighted by molar-refractivity contribution is 5.70. The van der Waals surface area contributed by atoms with Crippen molar-refractivity contribution in [2.24, 2.45) is 11.8 Å². The number of hydrogen-bond donors (Lipinski definition) is 1. The molecule has 0 heterocycles. The summed E-state index contributed by atoms with van der Waals surface area (Å²) in [5, 5.41) is 2.76. The quantitative estimate of drug-likeness (QED) is 0.432. The highest BCUT2D eigenvalue weighted by Gasteiger charge is 2.17. The summed E-state index contributed by atoms with van der Waals surface area (Å²) in [5.74, 6) is 0.125. The maximum atomic E-state index is 12.2. The van der Waals surface area contributed by atoms with Crippen molar-refractivity contribution in [3.05, 3.63) is 83.9 Å². The van der Waals surface area contributed by atoms with Crippen LogP contribution in [-0.4, -0.2) is 31.8 Å². The summed E-state index contributed by atoms with van der Waals surface area (Å²) in [5.41, 5.74) is 2.10. The fourth-order valence-corrected chi connectivity index (χ4v) is 3.24. The van der Waals surface area contributed by atoms with E-state index in [1.165, 1.54) is 0 Å². The number of benzene rings is 2. The molecule has 1 amide bonds. The fourth-order valence-electron chi connectivity index (χ4n) is 3.24. The molecule has 0 radical (unpaired) electrons. The van der Waals surface area contributed by atoms with Crippen LogP contribution < -0.4 is 5.32 Å². The Kier molecular flexibility index (Phi) is 11.4. The van der Waals surface area contributed by atoms with Crippen molar-refractivity contribution in [1.82, 2.24) is 5.32 Å². The van der Waals surface area contributed by atoms with Gasteiger partial charge < -0.3 is 14.8 Å². The minimum absolute atomic E-state index is 0.00647. The molecule has 0 bridgehead atoms. The van der Waals surface area contributed by atoms with Crippen LogP contribution in [0.4, 0.5) is 4.79 Å². The van der Waals surface area contributed by atoms with Crippen LogP contribution in [0.5, 0.6) is 0 Å². The third-order valence-electron chi connectivity index (χ3n) is 4.67. The van der Waals surface area contributed by atoms with Crippen LogP contribution in [0, 0.1) is 11.8 Å². The molecule has 0 aliphatic heterocycles. The SMILES string of the molecule is CC(C)C[C@H](CNC(=O)OCC=Cc1ccccc1)CC(=O)OCC=Cc1ccccc1. The summed E-state index contributed by atoms with van der Waals surface area (Å²) in [6.07, 6.45) is 8.01. The lowest BCUT2D eigenvalue weighted by Crippen LogP contribution is -2.31. The van der Waals surface area contributed by atoms with E-state index in [-0.39, 0.29) is 31.5 Å². The van der Waals surface area contributed by atoms with Crippen LogP contribution in [0.1, 0.15) is 37.8 Å². The molecule has 170 valence electrons. The van der Waals surface area contributed by atoms with Gasteiger partial charge in [0.1, 0.15) is 13.2 Å². The first-order chi connectivity index (χ1) is 15.5. The average Bonchev–Trinajstić information content (AvgIpc) is 2.79. The molecule has 2 aromatic rings. The van der Waals surface area contributed by atoms with Crippen LogP contribution in [0.15, 0.2) is 72.8 Å². The summed E-state index contributed by atoms with van der Waals surface area (Å²) in [7, 11) is 0. The molecule has 0 saturated heterocycles. The largest absolute Gasteiger partial charge is 0.461 e. The molecule has 5 nitrogen and oxygen atoms in total. The number of alkyl carbamates (subject to hydrolysis) is 1. The Morgan fingerprint density at radius 3 is 1.91 bits per heavy atom. The van der Waals surface area contributed by atoms with Gasteiger partial charge in [-0.25, -0.2) is 4.79 Å². The maximum absolute atomic E-state index is 12.2. The molecule has 0 fully saturated rings. The van der Waals surface area contributed by atoms with Gasteiger partial charge in [0.05, 0.1) is 6.42 Å². The monoisotopic (exact) mass is 435 g/mol. The molecule has 0 spiro atoms. The Morgan fingerprint density at radius 1 is 0.844 bits per heavy atom. The lowest BCUT2D eigenvalue weighted by atomic mass is 9.94. The molecule has 0 saturated carbocycles. The van der Waals surface area contributed by atoms with Crippen LogP contribution in [0.2, 0.25) is 0 Å². The summed E-state index contributed by atoms with van der Waals surface area (Å²) in [4.78, 5) is 24.2. The molecular weight excluding hydrogens is 402 g/mol. The summed E-state index contributed by atoms with van der Waals surface area (Å²) in [6, 6.07) is 19.6. The second-order valence-electron chi connectivity index (χ2n) is 7.99. The van der Waals surface area contributed by atoms with E-state index >= 15 is 0 Å². The van der Waals surface area contributed by atoms with E-state index in [0.717, 1.165) is 17.5 Å². The Labute approximate surface area is 191 Å². The number of rotatable bonds is 12. The van der Waals surface area contributed by atoms with Gasteiger partial charge in [-0.2, -0.15) is 0 Å². The van der Waals surface area contributed by atoms with Crippen molar-refractivity contribution in [3.8, 4) is 0 Å². The molecule has 0 aliphatic rings. The first kappa shape index (κ1) is 24.9. The second-order valence-corrected chi connectivity index (χ2v) is 7.99. The number of carbonyl (C=O) groups excluding carboxylic acids is 2. The van der Waals surface area contributed by atoms with E-state index in [0.29, 0.717) is 12.5 Å². The van der Waals surface area contributed by atoms with E-state index in [4.69, 9.17) is 9.47 Å². The second kappa shape index (κ2) is 14.6. The Bertz CT molecular complexity index is 860. The third-order valence-corrected chi connectivity index (χ3v) is 4.67. The molecule has 1 N–H and O–H groups in total. The van der Waals surface area contributed by atoms with Gasteiger partial charge in [-0.1, -0.05) is 86.7 Å². The van der Waals surface area contributed by atoms with Gasteiger partial charge >= 0.3 is 12.1 Å². The van der Waals surface area contributed by atoms with Gasteiger partial charge in [0, 0.05) is 6.54 Å². The molecule has 0 unspecified atom stereocenters. The zero-order chi connectivity index (χ0) is 23.0. The average molecular weight is 436 g/mol. The van der Waals surface area contributed by atoms with Gasteiger partial charge in [0.25, 0.3) is 0 Å². The number of esters is 1. The van der Waals surface area contributed by atoms with Gasteiger partial charge in [-0.15, -0.1) is 0 Å². The van der Waals surface area contributed by atoms with Crippen LogP contribution in [-0.2, 0) is 14.3 Å². The van der Waals surface area contributed by atoms with Crippen LogP contribution in [0.3, 0.4) is 0 Å². The van der Waals surface area contributed by atoms with Gasteiger partial charge in [0.15, 0.2) is 0 Å². The number of nitrogens with one attached hydrogen (secondary N) is 1. The third kappa shape index (κ3) is 11.2. The smallest absolute Gasteiger partial charge is 0.407 e. The normalized spacial score (nSPS) is 12.2. The van der Waals surface area contributed by atoms with Crippen LogP contribution in [0.25, 0.3) is 12.2 Å². The van der Waals surface area contributed by atoms with Crippen LogP contribution >= 0.6 is 0 Å². The van der Waals surface area contributed by atoms with Crippen molar-refractivity contribution in [3.63, 3.8) is 0 Å². The summed E-state index contributed by atoms with van der Waals surface area (Å²) < 4.78 is 10.5. The number of carbonyl (C=O) groups is 2. The van der Waals surface area contributed by atoms with Crippen molar-refractivity contribution in [1.29, 1.82) is 0 Å². The number of ether oxygens (including phenoxy) is 2. The topological polar surface area (TPSA) is 64.6 Å². The zero-order valence-electron chi connectivity index (χ0n) is 18.9. The minimum Gasteiger partial charge on any atom is -0.461 e. The Hall–Kier alpha value is -3.34. The highest BCUT2D eigenvalue weighted by atomic mass is 16.5. The van der Waals surface area contributed by atoms with E-state index < -0.39 is 6.09 Å². The lowest BCUT2D eigenvalue weighted by molar-refractivity contribution is -0.143. The van der Waals surface area contributed by atoms with Gasteiger partial charge in [0.2, 0.25) is 0 Å². The lowest BCUT2D eigenvalue weighted by Gasteiger charge is -2.18. The Morgan fingerprint density at radius 2 is 1.38 bits per heavy atom. The van der Waals surface area contributed by atoms with E-state index in [9.17, 15) is 9.59 Å². The molecular formula is C27H33NO4. The van der Waals surface area contributed by atoms with E-state index in [2.05, 4.69) is 19.2 Å². The Balaban J connectivity index is 1.69. The predicted octanol–water partition coefficient (Wildman–Crippen LogP) is 5.74. The molecule has 0 aliphatic carbocycles. The minimum atomic E-state index is -0.490. The first-order valence-corrected chi connectivity index (χ1v) is 11.0. The molecule has 1 atom stereocenters. The van der Waals surface area contributed by atoms with Crippen molar-refractivity contribution >= 4 is 24.2 Å². The maximum Gasteiger partial charge on any atom is 0.407 e. The van der Waals surface area contributed by atoms with E-state index in [1.54, 1.807) is 6.08 Å². The standard InChI is InChI=1S/C27H33NO4/c1-22(2)19-25(20-26(29)31-17-9-15-23-11-5-3-6-12-23)21-28-27(30)32-18-10-16-24-13-7-4-8-14-24/h3-16,22,25H,17-21H2,1-2H3,(H,28,30)/t25-/m0/s1. The number of amides is 1. The molecule has 2 rings (SSSR count). The molecule has 32 heavy (non-hydrogen) atoms. The highest BCUT2D eigenvalue weighted by Crippen LogP contribution is 2.16. The fraction of sp³-hybridized carbons (Fsp3) is 0.333. The summed E-state index contributed by atoms with van der Waals surface area (Å²) >= 11 is 0. The van der Waals surface area contributed by atoms with Gasteiger partial charge in [-0.3, -0.25) is 4.79 Å². The first-order valence-electron chi connectivity index (χ1n) is 11.0. The molecule has 5 heteroatoms. The van der Waals surface area contributed by atoms with Crippen molar-refractivity contribution < 1.29 is 19.1 Å². The van der Waals surface area contributed by atoms with Crippen molar-refractivity contribution in [2.75, 3.05) is 19.8 Å². The zero-order valence-corrected chi connectivity index (χ0v) is 18.9. The summed E-state index contributed by atoms with van der Waals surface area (Å²) in [6.45, 7) is 4.96. The number of hydrogen-bond acceptors (Lipinski definition) is 4. The van der Waals surface area contributed by atoms with Gasteiger partial charge in [-0.05, 0) is 41.5 Å². The van der Waals surface area contributed by atoms with Crippen molar-refractivity contribution in [2.45, 2.75) is 26.7 Å².